The minimum Gasteiger partial charge on any atom is -0.379 e. The number of likely N-dealkylation sites (tertiary alicyclic amines) is 1. The quantitative estimate of drug-likeness (QED) is 0.873. The van der Waals surface area contributed by atoms with Gasteiger partial charge < -0.3 is 9.64 Å². The molecular formula is C15H23N5O2. The Balaban J connectivity index is 1.55. The number of nitrogens with one attached hydrogen (secondary N) is 1. The molecule has 0 unspecified atom stereocenters. The van der Waals surface area contributed by atoms with Gasteiger partial charge in [0.15, 0.2) is 0 Å². The van der Waals surface area contributed by atoms with Gasteiger partial charge in [0.05, 0.1) is 23.9 Å². The van der Waals surface area contributed by atoms with Gasteiger partial charge in [-0.15, -0.1) is 0 Å². The van der Waals surface area contributed by atoms with E-state index in [4.69, 9.17) is 4.74 Å². The van der Waals surface area contributed by atoms with E-state index in [1.807, 2.05) is 4.90 Å². The molecule has 7 heteroatoms. The third-order valence-electron chi connectivity index (χ3n) is 5.71. The maximum Gasteiger partial charge on any atom is 0.243 e. The second kappa shape index (κ2) is 5.31. The number of fused-ring (bicyclic) bond motifs is 1. The molecule has 120 valence electrons. The highest BCUT2D eigenvalue weighted by Gasteiger charge is 2.53. The van der Waals surface area contributed by atoms with Crippen LogP contribution in [0.2, 0.25) is 0 Å². The van der Waals surface area contributed by atoms with E-state index in [2.05, 4.69) is 20.3 Å². The Labute approximate surface area is 130 Å². The Kier molecular flexibility index (Phi) is 3.41. The van der Waals surface area contributed by atoms with Gasteiger partial charge >= 0.3 is 0 Å². The molecule has 3 saturated heterocycles. The molecule has 0 radical (unpaired) electrons. The predicted octanol–water partition coefficient (Wildman–Crippen LogP) is 0.374. The lowest BCUT2D eigenvalue weighted by atomic mass is 9.92. The van der Waals surface area contributed by atoms with Crippen LogP contribution in [-0.2, 0) is 9.53 Å². The van der Waals surface area contributed by atoms with E-state index in [-0.39, 0.29) is 17.6 Å². The Bertz CT molecular complexity index is 536. The van der Waals surface area contributed by atoms with E-state index in [0.717, 1.165) is 44.5 Å². The van der Waals surface area contributed by atoms with Gasteiger partial charge in [-0.1, -0.05) is 0 Å². The largest absolute Gasteiger partial charge is 0.379 e. The van der Waals surface area contributed by atoms with Crippen molar-refractivity contribution in [3.8, 4) is 0 Å². The fourth-order valence-corrected chi connectivity index (χ4v) is 4.60. The maximum absolute atomic E-state index is 13.2. The average molecular weight is 305 g/mol. The summed E-state index contributed by atoms with van der Waals surface area (Å²) in [4.78, 5) is 17.6. The molecule has 0 aliphatic carbocycles. The summed E-state index contributed by atoms with van der Waals surface area (Å²) in [6.45, 7) is 3.47. The molecule has 0 spiro atoms. The SMILES string of the molecule is CO[C@@H]1CN(C(=O)C23CCCN2CCC3)C[C@H]1c1cn[nH]n1. The fraction of sp³-hybridized carbons (Fsp3) is 0.800. The van der Waals surface area contributed by atoms with Crippen LogP contribution in [-0.4, -0.2) is 76.0 Å². The Morgan fingerprint density at radius 2 is 2.14 bits per heavy atom. The van der Waals surface area contributed by atoms with Gasteiger partial charge in [-0.3, -0.25) is 9.69 Å². The second-order valence-corrected chi connectivity index (χ2v) is 6.71. The van der Waals surface area contributed by atoms with Crippen molar-refractivity contribution < 1.29 is 9.53 Å². The third-order valence-corrected chi connectivity index (χ3v) is 5.71. The molecule has 4 rings (SSSR count). The van der Waals surface area contributed by atoms with Crippen molar-refractivity contribution in [3.05, 3.63) is 11.9 Å². The lowest BCUT2D eigenvalue weighted by Gasteiger charge is -2.34. The number of carbonyl (C=O) groups excluding carboxylic acids is 1. The molecule has 3 fully saturated rings. The number of nitrogens with zero attached hydrogens (tertiary/aromatic N) is 4. The Hall–Kier alpha value is -1.47. The van der Waals surface area contributed by atoms with Gasteiger partial charge in [0.25, 0.3) is 0 Å². The number of ether oxygens (including phenoxy) is 1. The van der Waals surface area contributed by atoms with E-state index < -0.39 is 0 Å². The van der Waals surface area contributed by atoms with Crippen LogP contribution in [0.25, 0.3) is 0 Å². The van der Waals surface area contributed by atoms with E-state index in [1.165, 1.54) is 0 Å². The maximum atomic E-state index is 13.2. The molecule has 1 aromatic heterocycles. The summed E-state index contributed by atoms with van der Waals surface area (Å²) >= 11 is 0. The van der Waals surface area contributed by atoms with Crippen LogP contribution >= 0.6 is 0 Å². The molecule has 0 bridgehead atoms. The molecule has 1 amide bonds. The highest BCUT2D eigenvalue weighted by Crippen LogP contribution is 2.41. The zero-order valence-corrected chi connectivity index (χ0v) is 13.0. The van der Waals surface area contributed by atoms with Crippen LogP contribution < -0.4 is 0 Å². The highest BCUT2D eigenvalue weighted by molar-refractivity contribution is 5.87. The van der Waals surface area contributed by atoms with E-state index >= 15 is 0 Å². The number of amides is 1. The van der Waals surface area contributed by atoms with Crippen molar-refractivity contribution in [2.45, 2.75) is 43.2 Å². The first-order valence-electron chi connectivity index (χ1n) is 8.17. The summed E-state index contributed by atoms with van der Waals surface area (Å²) in [5.41, 5.74) is 0.658. The summed E-state index contributed by atoms with van der Waals surface area (Å²) in [5, 5.41) is 10.7. The minimum atomic E-state index is -0.225. The molecule has 1 N–H and O–H groups in total. The topological polar surface area (TPSA) is 74.3 Å². The lowest BCUT2D eigenvalue weighted by molar-refractivity contribution is -0.140. The van der Waals surface area contributed by atoms with Crippen LogP contribution in [0.1, 0.15) is 37.3 Å². The van der Waals surface area contributed by atoms with Crippen LogP contribution in [0.3, 0.4) is 0 Å². The van der Waals surface area contributed by atoms with E-state index in [0.29, 0.717) is 19.0 Å². The zero-order valence-electron chi connectivity index (χ0n) is 13.0. The van der Waals surface area contributed by atoms with Crippen LogP contribution in [0.15, 0.2) is 6.20 Å². The van der Waals surface area contributed by atoms with Crippen molar-refractivity contribution in [2.24, 2.45) is 0 Å². The van der Waals surface area contributed by atoms with Gasteiger partial charge in [-0.05, 0) is 38.8 Å². The van der Waals surface area contributed by atoms with E-state index in [1.54, 1.807) is 13.3 Å². The number of H-pyrrole nitrogens is 1. The van der Waals surface area contributed by atoms with Crippen molar-refractivity contribution in [1.29, 1.82) is 0 Å². The molecule has 2 atom stereocenters. The summed E-state index contributed by atoms with van der Waals surface area (Å²) in [6.07, 6.45) is 6.03. The zero-order chi connectivity index (χ0) is 15.2. The number of methoxy groups -OCH3 is 1. The van der Waals surface area contributed by atoms with Gasteiger partial charge in [0, 0.05) is 20.2 Å². The third kappa shape index (κ3) is 1.99. The molecule has 3 aliphatic rings. The highest BCUT2D eigenvalue weighted by atomic mass is 16.5. The van der Waals surface area contributed by atoms with Crippen LogP contribution in [0.5, 0.6) is 0 Å². The Morgan fingerprint density at radius 1 is 1.36 bits per heavy atom. The normalized spacial score (nSPS) is 30.9. The summed E-state index contributed by atoms with van der Waals surface area (Å²) in [6, 6.07) is 0. The first-order valence-corrected chi connectivity index (χ1v) is 8.17. The number of aromatic amines is 1. The first-order chi connectivity index (χ1) is 10.7. The van der Waals surface area contributed by atoms with Gasteiger partial charge in [0.1, 0.15) is 5.54 Å². The first kappa shape index (κ1) is 14.1. The number of rotatable bonds is 3. The number of aromatic nitrogens is 3. The fourth-order valence-electron chi connectivity index (χ4n) is 4.60. The summed E-state index contributed by atoms with van der Waals surface area (Å²) < 4.78 is 5.61. The number of hydrogen-bond acceptors (Lipinski definition) is 5. The summed E-state index contributed by atoms with van der Waals surface area (Å²) in [5.74, 6) is 0.413. The van der Waals surface area contributed by atoms with Crippen LogP contribution in [0.4, 0.5) is 0 Å². The van der Waals surface area contributed by atoms with Crippen molar-refractivity contribution in [1.82, 2.24) is 25.2 Å². The van der Waals surface area contributed by atoms with Crippen molar-refractivity contribution in [3.63, 3.8) is 0 Å². The van der Waals surface area contributed by atoms with Gasteiger partial charge in [-0.2, -0.15) is 15.4 Å². The molecule has 22 heavy (non-hydrogen) atoms. The second-order valence-electron chi connectivity index (χ2n) is 6.71. The smallest absolute Gasteiger partial charge is 0.243 e. The van der Waals surface area contributed by atoms with Crippen molar-refractivity contribution in [2.75, 3.05) is 33.3 Å². The standard InChI is InChI=1S/C15H23N5O2/c1-22-13-10-19(9-11(13)12-8-16-18-17-12)14(21)15-4-2-6-20(15)7-3-5-15/h8,11,13H,2-7,9-10H2,1H3,(H,16,17,18)/t11-,13+/m0/s1. The summed E-state index contributed by atoms with van der Waals surface area (Å²) in [7, 11) is 1.71. The number of hydrogen-bond donors (Lipinski definition) is 1. The lowest BCUT2D eigenvalue weighted by Crippen LogP contribution is -2.53. The minimum absolute atomic E-state index is 0.00158. The van der Waals surface area contributed by atoms with Crippen LogP contribution in [0, 0.1) is 0 Å². The molecule has 3 aliphatic heterocycles. The molecule has 1 aromatic rings. The molecule has 7 nitrogen and oxygen atoms in total. The number of carbonyl (C=O) groups is 1. The van der Waals surface area contributed by atoms with Crippen molar-refractivity contribution >= 4 is 5.91 Å². The average Bonchev–Trinajstić information content (AvgIpc) is 3.26. The molecule has 0 saturated carbocycles. The van der Waals surface area contributed by atoms with Gasteiger partial charge in [-0.25, -0.2) is 0 Å². The Morgan fingerprint density at radius 3 is 2.77 bits per heavy atom. The monoisotopic (exact) mass is 305 g/mol. The van der Waals surface area contributed by atoms with Gasteiger partial charge in [0.2, 0.25) is 5.91 Å². The predicted molar refractivity (Wildman–Crippen MR) is 79.3 cm³/mol. The van der Waals surface area contributed by atoms with E-state index in [9.17, 15) is 4.79 Å². The molecule has 4 heterocycles. The molecular weight excluding hydrogens is 282 g/mol. The molecule has 0 aromatic carbocycles.